The van der Waals surface area contributed by atoms with Gasteiger partial charge in [-0.3, -0.25) is 5.10 Å². The summed E-state index contributed by atoms with van der Waals surface area (Å²) >= 11 is 0. The number of methoxy groups -OCH3 is 4. The van der Waals surface area contributed by atoms with Crippen LogP contribution in [0.15, 0.2) is 42.6 Å². The van der Waals surface area contributed by atoms with Crippen molar-refractivity contribution in [3.8, 4) is 23.0 Å². The third-order valence-electron chi connectivity index (χ3n) is 4.84. The second-order valence-corrected chi connectivity index (χ2v) is 7.22. The molecule has 0 radical (unpaired) electrons. The number of aliphatic carboxylic acids is 1. The van der Waals surface area contributed by atoms with Gasteiger partial charge in [-0.25, -0.2) is 9.78 Å². The van der Waals surface area contributed by atoms with Gasteiger partial charge in [0.25, 0.3) is 0 Å². The van der Waals surface area contributed by atoms with Gasteiger partial charge in [0.1, 0.15) is 11.6 Å². The van der Waals surface area contributed by atoms with Crippen LogP contribution in [0, 0.1) is 0 Å². The molecule has 38 heavy (non-hydrogen) atoms. The Balaban J connectivity index is 0.000000505. The normalized spacial score (nSPS) is 10.7. The number of aromatic amines is 1. The van der Waals surface area contributed by atoms with Crippen LogP contribution >= 0.6 is 0 Å². The number of hydrogen-bond donors (Lipinski definition) is 4. The molecule has 0 saturated carbocycles. The third kappa shape index (κ3) is 6.63. The van der Waals surface area contributed by atoms with Gasteiger partial charge in [0.15, 0.2) is 17.3 Å². The number of benzene rings is 2. The fraction of sp³-hybridized carbons (Fsp3) is 0.217. The first-order valence-corrected chi connectivity index (χ1v) is 10.6. The maximum Gasteiger partial charge on any atom is 0.490 e. The lowest BCUT2D eigenvalue weighted by Crippen LogP contribution is -2.21. The van der Waals surface area contributed by atoms with E-state index in [0.717, 1.165) is 16.7 Å². The van der Waals surface area contributed by atoms with Crippen molar-refractivity contribution in [3.05, 3.63) is 42.6 Å². The minimum Gasteiger partial charge on any atom is -0.497 e. The van der Waals surface area contributed by atoms with Crippen LogP contribution in [0.4, 0.5) is 36.4 Å². The smallest absolute Gasteiger partial charge is 0.490 e. The zero-order chi connectivity index (χ0) is 27.9. The molecule has 0 bridgehead atoms. The second-order valence-electron chi connectivity index (χ2n) is 7.22. The van der Waals surface area contributed by atoms with Crippen LogP contribution in [0.3, 0.4) is 0 Å². The predicted octanol–water partition coefficient (Wildman–Crippen LogP) is 4.51. The Morgan fingerprint density at radius 3 is 2.16 bits per heavy atom. The lowest BCUT2D eigenvalue weighted by atomic mass is 10.2. The van der Waals surface area contributed by atoms with E-state index in [1.54, 1.807) is 52.8 Å². The molecule has 15 heteroatoms. The van der Waals surface area contributed by atoms with E-state index in [1.807, 2.05) is 18.2 Å². The number of hydrogen-bond acceptors (Lipinski definition) is 10. The number of halogens is 3. The first-order valence-electron chi connectivity index (χ1n) is 10.6. The molecule has 0 aliphatic heterocycles. The Morgan fingerprint density at radius 2 is 1.61 bits per heavy atom. The van der Waals surface area contributed by atoms with Gasteiger partial charge in [0.2, 0.25) is 11.7 Å². The number of ether oxygens (including phenoxy) is 4. The number of nitrogens with zero attached hydrogens (tertiary/aromatic N) is 3. The molecular formula is C23H23F3N6O6. The Hall–Kier alpha value is -4.95. The van der Waals surface area contributed by atoms with Crippen molar-refractivity contribution in [2.24, 2.45) is 0 Å². The molecule has 12 nitrogen and oxygen atoms in total. The fourth-order valence-electron chi connectivity index (χ4n) is 3.11. The number of fused-ring (bicyclic) bond motifs is 1. The SMILES string of the molecule is COc1ccc2[nH]nc(Nc3ccnc(Nc4cc(OC)c(OC)c(OC)c4)n3)c2c1.O=C(O)C(F)(F)F. The molecule has 0 amide bonds. The van der Waals surface area contributed by atoms with Crippen molar-refractivity contribution in [1.29, 1.82) is 0 Å². The minimum atomic E-state index is -5.08. The lowest BCUT2D eigenvalue weighted by molar-refractivity contribution is -0.192. The molecular weight excluding hydrogens is 513 g/mol. The van der Waals surface area contributed by atoms with E-state index in [2.05, 4.69) is 30.8 Å². The molecule has 0 spiro atoms. The molecule has 2 aromatic heterocycles. The first kappa shape index (κ1) is 27.6. The first-order chi connectivity index (χ1) is 18.1. The summed E-state index contributed by atoms with van der Waals surface area (Å²) in [4.78, 5) is 17.7. The van der Waals surface area contributed by atoms with E-state index < -0.39 is 12.1 Å². The number of anilines is 4. The monoisotopic (exact) mass is 536 g/mol. The van der Waals surface area contributed by atoms with E-state index in [9.17, 15) is 13.2 Å². The number of rotatable bonds is 8. The van der Waals surface area contributed by atoms with E-state index in [4.69, 9.17) is 28.8 Å². The molecule has 2 heterocycles. The van der Waals surface area contributed by atoms with Crippen molar-refractivity contribution >= 4 is 40.1 Å². The van der Waals surface area contributed by atoms with Gasteiger partial charge in [-0.2, -0.15) is 23.3 Å². The lowest BCUT2D eigenvalue weighted by Gasteiger charge is -2.14. The Labute approximate surface area is 213 Å². The number of H-pyrrole nitrogens is 1. The summed E-state index contributed by atoms with van der Waals surface area (Å²) < 4.78 is 53.2. The summed E-state index contributed by atoms with van der Waals surface area (Å²) in [5, 5.41) is 21.7. The standard InChI is InChI=1S/C21H22N6O4.C2HF3O2/c1-28-13-5-6-15-14(11-13)20(27-26-15)24-18-7-8-22-21(25-18)23-12-9-16(29-2)19(31-4)17(10-12)30-3;3-2(4,5)1(6)7/h5-11H,1-4H3,(H3,22,23,24,25,26,27);(H,6,7). The van der Waals surface area contributed by atoms with Crippen molar-refractivity contribution < 1.29 is 42.0 Å². The molecule has 4 N–H and O–H groups in total. The van der Waals surface area contributed by atoms with E-state index in [0.29, 0.717) is 40.5 Å². The summed E-state index contributed by atoms with van der Waals surface area (Å²) in [6.45, 7) is 0. The summed E-state index contributed by atoms with van der Waals surface area (Å²) in [7, 11) is 6.30. The average Bonchev–Trinajstić information content (AvgIpc) is 3.29. The maximum absolute atomic E-state index is 10.6. The zero-order valence-electron chi connectivity index (χ0n) is 20.5. The third-order valence-corrected chi connectivity index (χ3v) is 4.84. The quantitative estimate of drug-likeness (QED) is 0.252. The van der Waals surface area contributed by atoms with Gasteiger partial charge >= 0.3 is 12.1 Å². The molecule has 0 saturated heterocycles. The van der Waals surface area contributed by atoms with Gasteiger partial charge in [-0.15, -0.1) is 0 Å². The number of carboxylic acid groups (broad SMARTS) is 1. The largest absolute Gasteiger partial charge is 0.497 e. The Morgan fingerprint density at radius 1 is 0.947 bits per heavy atom. The van der Waals surface area contributed by atoms with Crippen molar-refractivity contribution in [2.45, 2.75) is 6.18 Å². The van der Waals surface area contributed by atoms with Crippen LogP contribution in [-0.2, 0) is 4.79 Å². The molecule has 0 unspecified atom stereocenters. The van der Waals surface area contributed by atoms with Crippen LogP contribution in [0.5, 0.6) is 23.0 Å². The van der Waals surface area contributed by atoms with Crippen LogP contribution in [0.25, 0.3) is 10.9 Å². The van der Waals surface area contributed by atoms with E-state index in [-0.39, 0.29) is 0 Å². The highest BCUT2D eigenvalue weighted by Crippen LogP contribution is 2.40. The number of alkyl halides is 3. The Kier molecular flexibility index (Phi) is 8.62. The van der Waals surface area contributed by atoms with Gasteiger partial charge in [0.05, 0.1) is 34.0 Å². The Bertz CT molecular complexity index is 1390. The summed E-state index contributed by atoms with van der Waals surface area (Å²) in [5.74, 6) is 1.12. The number of aromatic nitrogens is 4. The molecule has 4 rings (SSSR count). The topological polar surface area (TPSA) is 153 Å². The molecule has 0 fully saturated rings. The van der Waals surface area contributed by atoms with Crippen LogP contribution in [0.2, 0.25) is 0 Å². The van der Waals surface area contributed by atoms with Crippen molar-refractivity contribution in [1.82, 2.24) is 20.2 Å². The average molecular weight is 536 g/mol. The maximum atomic E-state index is 10.6. The number of carbonyl (C=O) groups is 1. The summed E-state index contributed by atoms with van der Waals surface area (Å²) in [6, 6.07) is 11.0. The molecule has 2 aromatic carbocycles. The number of carboxylic acids is 1. The highest BCUT2D eigenvalue weighted by Gasteiger charge is 2.38. The fourth-order valence-corrected chi connectivity index (χ4v) is 3.11. The van der Waals surface area contributed by atoms with Crippen molar-refractivity contribution in [2.75, 3.05) is 39.1 Å². The zero-order valence-corrected chi connectivity index (χ0v) is 20.5. The van der Waals surface area contributed by atoms with E-state index in [1.165, 1.54) is 0 Å². The second kappa shape index (κ2) is 11.9. The summed E-state index contributed by atoms with van der Waals surface area (Å²) in [6.07, 6.45) is -3.44. The molecule has 4 aromatic rings. The molecule has 202 valence electrons. The minimum absolute atomic E-state index is 0.386. The van der Waals surface area contributed by atoms with Gasteiger partial charge in [-0.05, 0) is 24.3 Å². The van der Waals surface area contributed by atoms with Crippen LogP contribution < -0.4 is 29.6 Å². The predicted molar refractivity (Wildman–Crippen MR) is 131 cm³/mol. The number of nitrogens with one attached hydrogen (secondary N) is 3. The van der Waals surface area contributed by atoms with Gasteiger partial charge in [-0.1, -0.05) is 0 Å². The highest BCUT2D eigenvalue weighted by atomic mass is 19.4. The van der Waals surface area contributed by atoms with Gasteiger partial charge < -0.3 is 34.7 Å². The molecule has 0 aliphatic carbocycles. The van der Waals surface area contributed by atoms with Crippen LogP contribution in [-0.4, -0.2) is 65.9 Å². The summed E-state index contributed by atoms with van der Waals surface area (Å²) in [5.41, 5.74) is 1.56. The van der Waals surface area contributed by atoms with Crippen LogP contribution in [0.1, 0.15) is 0 Å². The highest BCUT2D eigenvalue weighted by molar-refractivity contribution is 5.92. The molecule has 0 atom stereocenters. The van der Waals surface area contributed by atoms with E-state index >= 15 is 0 Å². The van der Waals surface area contributed by atoms with Crippen molar-refractivity contribution in [3.63, 3.8) is 0 Å². The molecule has 0 aliphatic rings. The van der Waals surface area contributed by atoms with Gasteiger partial charge in [0, 0.05) is 29.4 Å².